The predicted molar refractivity (Wildman–Crippen MR) is 371 cm³/mol. The highest BCUT2D eigenvalue weighted by Gasteiger charge is 2.69. The summed E-state index contributed by atoms with van der Waals surface area (Å²) in [5, 5.41) is 0. The number of Topliss-reactive ketones (excluding diaryl/α,β-unsaturated/α-hetero) is 2. The summed E-state index contributed by atoms with van der Waals surface area (Å²) < 4.78 is 81.9. The molecule has 0 unspecified atom stereocenters. The maximum absolute atomic E-state index is 14.6. The van der Waals surface area contributed by atoms with Crippen LogP contribution in [0, 0.1) is 0 Å². The van der Waals surface area contributed by atoms with Crippen LogP contribution < -0.4 is 0 Å². The Bertz CT molecular complexity index is 4060. The van der Waals surface area contributed by atoms with Crippen LogP contribution in [0.4, 0.5) is 26.3 Å². The van der Waals surface area contributed by atoms with Gasteiger partial charge < -0.3 is 0 Å². The van der Waals surface area contributed by atoms with Gasteiger partial charge in [-0.1, -0.05) is 146 Å². The van der Waals surface area contributed by atoms with Gasteiger partial charge in [0.15, 0.2) is 0 Å². The van der Waals surface area contributed by atoms with E-state index in [2.05, 4.69) is 22.4 Å². The number of carbonyl (C=O) groups excluding carboxylic acids is 2. The molecular weight excluding hydrogens is 1480 g/mol. The highest BCUT2D eigenvalue weighted by atomic mass is 33.5. The fourth-order valence-corrected chi connectivity index (χ4v) is 55.8. The highest BCUT2D eigenvalue weighted by Crippen LogP contribution is 2.66. The van der Waals surface area contributed by atoms with Crippen molar-refractivity contribution in [2.45, 2.75) is 36.0 Å². The van der Waals surface area contributed by atoms with Crippen LogP contribution in [0.1, 0.15) is 46.2 Å². The Labute approximate surface area is 519 Å². The maximum Gasteiger partial charge on any atom is 0.451 e. The molecule has 0 saturated heterocycles. The summed E-state index contributed by atoms with van der Waals surface area (Å²) in [4.78, 5) is 25.5. The summed E-state index contributed by atoms with van der Waals surface area (Å²) in [6, 6.07) is 42.6. The molecule has 0 spiro atoms. The minimum atomic E-state index is -5.03. The standard InChI is InChI=1S/C29H19F3O.C15H9F3O.S17.S8/c1-27(22-14-6-2-10-18(22)19-11-3-7-15-23(19)27)28(26(33)29(30,31)32)24-16-8-4-12-20(24)21-13-5-9-17-25(21)28;16-15(17,18)14(19)13-11-7-3-1-5-9(11)10-6-2-4-8-12(10)13;1-3-5-7-9-11-13-15-17-16-14-12-10-8-6-4-2;1-3-5-7-8-6-4-2/h2-17H,1H3;1-8,13H;;. The molecule has 0 saturated carbocycles. The number of alkyl halides is 6. The summed E-state index contributed by atoms with van der Waals surface area (Å²) >= 11 is 18.7. The number of hydrogen-bond acceptors (Lipinski definition) is 6. The van der Waals surface area contributed by atoms with E-state index in [0.717, 1.165) is 22.3 Å². The Morgan fingerprint density at radius 2 is 0.610 bits per heavy atom. The predicted octanol–water partition coefficient (Wildman–Crippen LogP) is 10.9. The summed E-state index contributed by atoms with van der Waals surface area (Å²) in [6.07, 6.45) is -9.85. The van der Waals surface area contributed by atoms with Gasteiger partial charge in [-0.15, -0.1) is 0 Å². The van der Waals surface area contributed by atoms with Gasteiger partial charge in [0, 0.05) is 237 Å². The molecule has 0 atom stereocenters. The molecule has 6 aromatic rings. The molecule has 408 valence electrons. The number of ketones is 2. The molecule has 0 bridgehead atoms. The largest absolute Gasteiger partial charge is 0.451 e. The molecule has 9 rings (SSSR count). The Morgan fingerprint density at radius 3 is 0.896 bits per heavy atom. The van der Waals surface area contributed by atoms with Gasteiger partial charge in [-0.3, -0.25) is 9.59 Å². The Hall–Kier alpha value is -0.260. The molecular formula is C44H28F6O2S25. The van der Waals surface area contributed by atoms with Crippen LogP contribution in [-0.4, -0.2) is 23.9 Å². The molecule has 6 aromatic carbocycles. The quantitative estimate of drug-likeness (QED) is 0.164. The number of hydrogen-bond donors (Lipinski definition) is 0. The van der Waals surface area contributed by atoms with E-state index in [-0.39, 0.29) is 0 Å². The lowest BCUT2D eigenvalue weighted by molar-refractivity contribution is -0.177. The van der Waals surface area contributed by atoms with E-state index in [4.69, 9.17) is 22.4 Å². The van der Waals surface area contributed by atoms with Crippen LogP contribution in [0.15, 0.2) is 146 Å². The molecule has 0 N–H and O–H groups in total. The summed E-state index contributed by atoms with van der Waals surface area (Å²) in [5.41, 5.74) is 4.42. The molecule has 0 heterocycles. The van der Waals surface area contributed by atoms with E-state index < -0.39 is 40.7 Å². The molecule has 77 heavy (non-hydrogen) atoms. The van der Waals surface area contributed by atoms with E-state index in [9.17, 15) is 35.9 Å². The van der Waals surface area contributed by atoms with Gasteiger partial charge in [-0.2, -0.15) is 26.3 Å². The topological polar surface area (TPSA) is 34.1 Å². The van der Waals surface area contributed by atoms with E-state index in [1.54, 1.807) is 231 Å². The van der Waals surface area contributed by atoms with Crippen LogP contribution in [0.25, 0.3) is 33.4 Å². The molecule has 0 radical (unpaired) electrons. The molecule has 3 aliphatic carbocycles. The number of benzene rings is 6. The number of rotatable bonds is 3. The van der Waals surface area contributed by atoms with E-state index in [0.29, 0.717) is 44.5 Å². The summed E-state index contributed by atoms with van der Waals surface area (Å²) in [5.74, 6) is -4.67. The zero-order chi connectivity index (χ0) is 55.5. The van der Waals surface area contributed by atoms with Gasteiger partial charge in [0.25, 0.3) is 5.78 Å². The van der Waals surface area contributed by atoms with Crippen molar-refractivity contribution >= 4 is 243 Å². The van der Waals surface area contributed by atoms with Crippen LogP contribution in [-0.2, 0) is 252 Å². The van der Waals surface area contributed by atoms with Crippen molar-refractivity contribution in [2.24, 2.45) is 0 Å². The van der Waals surface area contributed by atoms with Crippen molar-refractivity contribution < 1.29 is 35.9 Å². The molecule has 0 aromatic heterocycles. The van der Waals surface area contributed by atoms with Gasteiger partial charge in [0.05, 0.1) is 5.92 Å². The molecule has 0 amide bonds. The Kier molecular flexibility index (Phi) is 28.0. The maximum atomic E-state index is 14.6. The second-order valence-corrected chi connectivity index (χ2v) is 51.9. The smallest absolute Gasteiger partial charge is 0.288 e. The second-order valence-electron chi connectivity index (χ2n) is 14.8. The first-order chi connectivity index (χ1) is 37.2. The van der Waals surface area contributed by atoms with Crippen LogP contribution in [0.3, 0.4) is 0 Å². The van der Waals surface area contributed by atoms with Crippen molar-refractivity contribution in [3.8, 4) is 33.4 Å². The number of fused-ring (bicyclic) bond motifs is 9. The number of halogens is 6. The molecule has 3 aliphatic rings. The zero-order valence-corrected chi connectivity index (χ0v) is 58.1. The average molecular weight is 1500 g/mol. The average Bonchev–Trinajstić information content (AvgIpc) is 4.26. The SMILES string of the molecule is CC1(C2(C(=O)C(F)(F)F)c3ccccc3-c3ccccc32)c2ccccc2-c2ccccc21.O=C(C1c2ccccc2-c2ccccc21)C(F)(F)F.S=S=S=S=S=S=S=S.S=S=S=S=S=S=S=S=S=S=S=S=S=S=S=S=S. The third-order valence-corrected chi connectivity index (χ3v) is 53.6. The van der Waals surface area contributed by atoms with Crippen molar-refractivity contribution in [1.29, 1.82) is 0 Å². The normalized spacial score (nSPS) is 12.8. The lowest BCUT2D eigenvalue weighted by Gasteiger charge is -2.46. The van der Waals surface area contributed by atoms with E-state index in [1.165, 1.54) is 35.5 Å². The molecule has 0 fully saturated rings. The molecule has 2 nitrogen and oxygen atoms in total. The van der Waals surface area contributed by atoms with Crippen molar-refractivity contribution in [3.63, 3.8) is 0 Å². The van der Waals surface area contributed by atoms with Crippen LogP contribution >= 0.6 is 0 Å². The van der Waals surface area contributed by atoms with Crippen LogP contribution in [0.5, 0.6) is 0 Å². The van der Waals surface area contributed by atoms with Gasteiger partial charge in [-0.25, -0.2) is 0 Å². The highest BCUT2D eigenvalue weighted by molar-refractivity contribution is 8.77. The van der Waals surface area contributed by atoms with E-state index in [1.807, 2.05) is 72.8 Å². The third kappa shape index (κ3) is 16.1. The second kappa shape index (κ2) is 32.7. The van der Waals surface area contributed by atoms with Crippen molar-refractivity contribution in [1.82, 2.24) is 0 Å². The van der Waals surface area contributed by atoms with E-state index >= 15 is 0 Å². The Balaban J connectivity index is 0.000000187. The minimum absolute atomic E-state index is 0.405. The van der Waals surface area contributed by atoms with Gasteiger partial charge in [0.2, 0.25) is 5.78 Å². The summed E-state index contributed by atoms with van der Waals surface area (Å²) in [6.45, 7) is 1.81. The van der Waals surface area contributed by atoms with Gasteiger partial charge in [0.1, 0.15) is 5.41 Å². The minimum Gasteiger partial charge on any atom is -0.288 e. The van der Waals surface area contributed by atoms with Gasteiger partial charge >= 0.3 is 12.4 Å². The molecule has 0 aliphatic heterocycles. The lowest BCUT2D eigenvalue weighted by atomic mass is 9.53. The first-order valence-corrected chi connectivity index (χ1v) is 51.1. The fraction of sp³-hybridized carbons (Fsp3) is 0.136. The third-order valence-electron chi connectivity index (χ3n) is 11.4. The van der Waals surface area contributed by atoms with Crippen molar-refractivity contribution in [3.05, 3.63) is 179 Å². The Morgan fingerprint density at radius 1 is 0.364 bits per heavy atom. The first kappa shape index (κ1) is 65.9. The van der Waals surface area contributed by atoms with Gasteiger partial charge in [-0.05, 0) is 73.7 Å². The zero-order valence-electron chi connectivity index (χ0n) is 37.7. The van der Waals surface area contributed by atoms with Crippen LogP contribution in [0.2, 0.25) is 0 Å². The first-order valence-electron chi connectivity index (χ1n) is 20.5. The molecule has 33 heteroatoms. The fourth-order valence-electron chi connectivity index (χ4n) is 9.11. The van der Waals surface area contributed by atoms with Crippen molar-refractivity contribution in [2.75, 3.05) is 0 Å². The number of carbonyl (C=O) groups is 2. The monoisotopic (exact) mass is 1500 g/mol. The summed E-state index contributed by atoms with van der Waals surface area (Å²) in [7, 11) is 34.5. The lowest BCUT2D eigenvalue weighted by Crippen LogP contribution is -2.56.